The Labute approximate surface area is 459 Å². The van der Waals surface area contributed by atoms with Crippen LogP contribution in [0.15, 0.2) is 246 Å². The molecule has 0 nitrogen and oxygen atoms in total. The van der Waals surface area contributed by atoms with Gasteiger partial charge in [-0.3, -0.25) is 0 Å². The molecule has 0 heterocycles. The summed E-state index contributed by atoms with van der Waals surface area (Å²) in [4.78, 5) is 0. The summed E-state index contributed by atoms with van der Waals surface area (Å²) in [6, 6.07) is 38.9. The van der Waals surface area contributed by atoms with Gasteiger partial charge in [-0.1, -0.05) is 232 Å². The SMILES string of the molecule is C=Cc1c(C=C)c(C2=CCC/C=C(C(/C=C\C(=C/C)CC)=C(C)C)/C=C\2)c2cc(-c3ccc4ccccc4c3)c(-c3ccc4c(c3)C=CC3CC43)cc2c1C1=CC=C(/C2=C/C=C\C(c3ccccc3)=C(C)CC2)C(C)C=C1. The predicted octanol–water partition coefficient (Wildman–Crippen LogP) is 21.9. The first-order chi connectivity index (χ1) is 37.7. The van der Waals surface area contributed by atoms with E-state index in [1.807, 2.05) is 0 Å². The summed E-state index contributed by atoms with van der Waals surface area (Å²) in [7, 11) is 0. The van der Waals surface area contributed by atoms with Crippen LogP contribution in [0.5, 0.6) is 0 Å². The predicted molar refractivity (Wildman–Crippen MR) is 338 cm³/mol. The largest absolute Gasteiger partial charge is 0.0984 e. The summed E-state index contributed by atoms with van der Waals surface area (Å²) >= 11 is 0. The molecule has 1 fully saturated rings. The minimum absolute atomic E-state index is 0.210. The standard InChI is InChI=1S/C77H72/c1-9-53(10-2)31-42-67(50(5)6)56-24-17-18-25-58(36-35-56)76-65(11-3)66(12-4)77(59-33-30-52(8)69(43-40-59)57-27-20-28-68(51(7)29-32-57)55-22-14-13-15-23-55)75-49-73(63-41-44-70-61(46-63)38-39-64-47-71(64)70)72(48-74(75)76)62-37-34-54-21-16-19-26-60(54)45-62/h9,11-16,19-28,30-31,33-46,48-49,52,64,71H,3-4,10,17-18,29,32,47H2,1-2,5-8H3/b28-20-,36-35-,42-31-,53-9-,56-24-,57-27+,58-25?,68-51?. The third kappa shape index (κ3) is 10.2. The van der Waals surface area contributed by atoms with Gasteiger partial charge >= 0.3 is 0 Å². The minimum Gasteiger partial charge on any atom is -0.0984 e. The van der Waals surface area contributed by atoms with E-state index in [9.17, 15) is 0 Å². The fraction of sp³-hybridized carbons (Fsp3) is 0.195. The molecule has 0 radical (unpaired) electrons. The van der Waals surface area contributed by atoms with Gasteiger partial charge in [-0.15, -0.1) is 0 Å². The molecule has 3 unspecified atom stereocenters. The van der Waals surface area contributed by atoms with Gasteiger partial charge < -0.3 is 0 Å². The highest BCUT2D eigenvalue weighted by Gasteiger charge is 2.39. The lowest BCUT2D eigenvalue weighted by Crippen LogP contribution is -2.02. The van der Waals surface area contributed by atoms with Gasteiger partial charge in [0.05, 0.1) is 0 Å². The number of fused-ring (bicyclic) bond motifs is 5. The van der Waals surface area contributed by atoms with Crippen LogP contribution in [0.2, 0.25) is 0 Å². The topological polar surface area (TPSA) is 0 Å². The van der Waals surface area contributed by atoms with Crippen LogP contribution in [0.3, 0.4) is 0 Å². The number of benzene rings is 6. The second kappa shape index (κ2) is 22.3. The molecular weight excluding hydrogens is 925 g/mol. The van der Waals surface area contributed by atoms with Crippen molar-refractivity contribution in [2.45, 2.75) is 86.0 Å². The summed E-state index contributed by atoms with van der Waals surface area (Å²) < 4.78 is 0. The molecule has 0 heteroatoms. The maximum absolute atomic E-state index is 4.63. The number of hydrogen-bond donors (Lipinski definition) is 0. The second-order valence-corrected chi connectivity index (χ2v) is 21.9. The molecule has 5 aliphatic carbocycles. The molecule has 11 rings (SSSR count). The van der Waals surface area contributed by atoms with Crippen LogP contribution < -0.4 is 0 Å². The van der Waals surface area contributed by atoms with E-state index in [-0.39, 0.29) is 5.92 Å². The van der Waals surface area contributed by atoms with E-state index in [2.05, 4.69) is 267 Å². The lowest BCUT2D eigenvalue weighted by molar-refractivity contribution is 0.828. The Morgan fingerprint density at radius 2 is 1.36 bits per heavy atom. The molecule has 0 N–H and O–H groups in total. The van der Waals surface area contributed by atoms with Crippen molar-refractivity contribution >= 4 is 56.5 Å². The molecule has 0 spiro atoms. The van der Waals surface area contributed by atoms with E-state index in [0.717, 1.165) is 43.2 Å². The molecule has 0 aliphatic heterocycles. The average molecular weight is 997 g/mol. The van der Waals surface area contributed by atoms with Crippen molar-refractivity contribution in [2.75, 3.05) is 0 Å². The lowest BCUT2D eigenvalue weighted by Gasteiger charge is -2.24. The molecule has 1 saturated carbocycles. The van der Waals surface area contributed by atoms with Crippen LogP contribution in [0.1, 0.15) is 125 Å². The molecule has 0 aromatic heterocycles. The van der Waals surface area contributed by atoms with Gasteiger partial charge in [0.25, 0.3) is 0 Å². The van der Waals surface area contributed by atoms with E-state index in [0.29, 0.717) is 11.8 Å². The van der Waals surface area contributed by atoms with E-state index in [4.69, 9.17) is 0 Å². The Morgan fingerprint density at radius 3 is 2.10 bits per heavy atom. The molecule has 3 atom stereocenters. The summed E-state index contributed by atoms with van der Waals surface area (Å²) in [6.45, 7) is 22.7. The van der Waals surface area contributed by atoms with Gasteiger partial charge in [-0.25, -0.2) is 0 Å². The zero-order chi connectivity index (χ0) is 53.2. The molecular formula is C77H72. The van der Waals surface area contributed by atoms with Gasteiger partial charge in [-0.2, -0.15) is 0 Å². The van der Waals surface area contributed by atoms with Crippen molar-refractivity contribution in [3.63, 3.8) is 0 Å². The Kier molecular flexibility index (Phi) is 14.8. The molecule has 6 aromatic carbocycles. The average Bonchev–Trinajstić information content (AvgIpc) is 4.38. The van der Waals surface area contributed by atoms with Crippen molar-refractivity contribution in [1.29, 1.82) is 0 Å². The van der Waals surface area contributed by atoms with E-state index < -0.39 is 0 Å². The monoisotopic (exact) mass is 997 g/mol. The molecule has 0 bridgehead atoms. The van der Waals surface area contributed by atoms with Gasteiger partial charge in [0, 0.05) is 0 Å². The third-order valence-electron chi connectivity index (χ3n) is 16.9. The number of rotatable bonds is 12. The lowest BCUT2D eigenvalue weighted by atomic mass is 9.79. The van der Waals surface area contributed by atoms with Gasteiger partial charge in [-0.05, 0) is 230 Å². The number of allylic oxidation sites excluding steroid dienone is 25. The minimum atomic E-state index is 0.210. The van der Waals surface area contributed by atoms with E-state index in [1.165, 1.54) is 134 Å². The first-order valence-corrected chi connectivity index (χ1v) is 28.2. The van der Waals surface area contributed by atoms with Crippen molar-refractivity contribution < 1.29 is 0 Å². The Bertz CT molecular complexity index is 3820. The van der Waals surface area contributed by atoms with Crippen LogP contribution in [0, 0.1) is 11.8 Å². The van der Waals surface area contributed by atoms with Crippen LogP contribution in [0.4, 0.5) is 0 Å². The second-order valence-electron chi connectivity index (χ2n) is 21.9. The summed E-state index contributed by atoms with van der Waals surface area (Å²) in [5.74, 6) is 1.54. The summed E-state index contributed by atoms with van der Waals surface area (Å²) in [5.41, 5.74) is 26.6. The van der Waals surface area contributed by atoms with Crippen LogP contribution in [-0.2, 0) is 0 Å². The first kappa shape index (κ1) is 51.1. The maximum atomic E-state index is 4.63. The molecule has 6 aromatic rings. The first-order valence-electron chi connectivity index (χ1n) is 28.2. The zero-order valence-electron chi connectivity index (χ0n) is 46.1. The molecule has 0 amide bonds. The zero-order valence-corrected chi connectivity index (χ0v) is 46.1. The van der Waals surface area contributed by atoms with Crippen LogP contribution in [0.25, 0.3) is 78.7 Å². The van der Waals surface area contributed by atoms with Crippen LogP contribution >= 0.6 is 0 Å². The van der Waals surface area contributed by atoms with E-state index in [1.54, 1.807) is 0 Å². The Morgan fingerprint density at radius 1 is 0.649 bits per heavy atom. The van der Waals surface area contributed by atoms with Crippen molar-refractivity contribution in [3.8, 4) is 22.3 Å². The number of hydrogen-bond acceptors (Lipinski definition) is 0. The highest BCUT2D eigenvalue weighted by molar-refractivity contribution is 6.12. The van der Waals surface area contributed by atoms with Crippen molar-refractivity contribution in [1.82, 2.24) is 0 Å². The molecule has 77 heavy (non-hydrogen) atoms. The molecule has 5 aliphatic rings. The van der Waals surface area contributed by atoms with E-state index >= 15 is 0 Å². The molecule has 380 valence electrons. The van der Waals surface area contributed by atoms with Crippen LogP contribution in [-0.4, -0.2) is 0 Å². The summed E-state index contributed by atoms with van der Waals surface area (Å²) in [5, 5.41) is 4.88. The normalized spacial score (nSPS) is 21.4. The summed E-state index contributed by atoms with van der Waals surface area (Å²) in [6.07, 6.45) is 48.0. The highest BCUT2D eigenvalue weighted by Crippen LogP contribution is 2.54. The van der Waals surface area contributed by atoms with Crippen molar-refractivity contribution in [3.05, 3.63) is 285 Å². The fourth-order valence-electron chi connectivity index (χ4n) is 12.5. The van der Waals surface area contributed by atoms with Gasteiger partial charge in [0.1, 0.15) is 0 Å². The fourth-order valence-corrected chi connectivity index (χ4v) is 12.5. The van der Waals surface area contributed by atoms with Gasteiger partial charge in [0.2, 0.25) is 0 Å². The Hall–Kier alpha value is -8.06. The highest BCUT2D eigenvalue weighted by atomic mass is 14.4. The maximum Gasteiger partial charge on any atom is -0.000437 e. The smallest absolute Gasteiger partial charge is 0.000437 e. The van der Waals surface area contributed by atoms with Gasteiger partial charge in [0.15, 0.2) is 0 Å². The quantitative estimate of drug-likeness (QED) is 0.107. The van der Waals surface area contributed by atoms with Crippen molar-refractivity contribution in [2.24, 2.45) is 11.8 Å². The molecule has 0 saturated heterocycles. The third-order valence-corrected chi connectivity index (χ3v) is 16.9. The Balaban J connectivity index is 1.14.